The van der Waals surface area contributed by atoms with Gasteiger partial charge in [-0.15, -0.1) is 0 Å². The maximum Gasteiger partial charge on any atom is 0.222 e. The molecule has 0 radical (unpaired) electrons. The summed E-state index contributed by atoms with van der Waals surface area (Å²) in [4.78, 5) is 11.2. The zero-order valence-corrected chi connectivity index (χ0v) is 11.7. The van der Waals surface area contributed by atoms with E-state index < -0.39 is 5.82 Å². The van der Waals surface area contributed by atoms with E-state index in [0.29, 0.717) is 24.2 Å². The van der Waals surface area contributed by atoms with Crippen LogP contribution in [0, 0.1) is 5.82 Å². The number of nitrogens with two attached hydrogens (primary N) is 1. The number of amides is 1. The minimum absolute atomic E-state index is 0.0354. The molecule has 1 fully saturated rings. The van der Waals surface area contributed by atoms with Crippen molar-refractivity contribution in [3.8, 4) is 0 Å². The number of carbonyl (C=O) groups is 1. The van der Waals surface area contributed by atoms with Gasteiger partial charge in [-0.25, -0.2) is 4.39 Å². The molecule has 2 rings (SSSR count). The van der Waals surface area contributed by atoms with Crippen molar-refractivity contribution in [1.82, 2.24) is 5.32 Å². The van der Waals surface area contributed by atoms with Crippen LogP contribution in [0.1, 0.15) is 12.0 Å². The van der Waals surface area contributed by atoms with Crippen molar-refractivity contribution in [3.05, 3.63) is 28.0 Å². The Hall–Kier alpha value is -1.21. The van der Waals surface area contributed by atoms with Crippen molar-refractivity contribution in [2.24, 2.45) is 5.73 Å². The molecule has 18 heavy (non-hydrogen) atoms. The van der Waals surface area contributed by atoms with Crippen LogP contribution in [-0.2, 0) is 4.79 Å². The molecule has 0 saturated carbocycles. The van der Waals surface area contributed by atoms with Crippen LogP contribution >= 0.6 is 28.1 Å². The van der Waals surface area contributed by atoms with Gasteiger partial charge in [0.1, 0.15) is 4.99 Å². The highest BCUT2D eigenvalue weighted by atomic mass is 79.9. The van der Waals surface area contributed by atoms with Gasteiger partial charge in [0.2, 0.25) is 5.91 Å². The fraction of sp³-hybridized carbons (Fsp3) is 0.273. The second-order valence-corrected chi connectivity index (χ2v) is 5.24. The van der Waals surface area contributed by atoms with Gasteiger partial charge in [0, 0.05) is 18.5 Å². The van der Waals surface area contributed by atoms with Gasteiger partial charge in [-0.2, -0.15) is 0 Å². The summed E-state index contributed by atoms with van der Waals surface area (Å²) in [6.07, 6.45) is 0.341. The second kappa shape index (κ2) is 5.19. The molecule has 0 aliphatic carbocycles. The van der Waals surface area contributed by atoms with E-state index in [1.165, 1.54) is 0 Å². The summed E-state index contributed by atoms with van der Waals surface area (Å²) in [5.41, 5.74) is 6.25. The number of halogens is 2. The predicted octanol–water partition coefficient (Wildman–Crippen LogP) is 1.52. The topological polar surface area (TPSA) is 67.2 Å². The Balaban J connectivity index is 2.22. The Morgan fingerprint density at radius 3 is 2.89 bits per heavy atom. The minimum Gasteiger partial charge on any atom is -0.389 e. The zero-order chi connectivity index (χ0) is 13.3. The van der Waals surface area contributed by atoms with E-state index in [1.54, 1.807) is 12.1 Å². The van der Waals surface area contributed by atoms with Gasteiger partial charge in [-0.1, -0.05) is 12.2 Å². The summed E-state index contributed by atoms with van der Waals surface area (Å²) in [7, 11) is 0. The number of hydrogen-bond acceptors (Lipinski definition) is 3. The van der Waals surface area contributed by atoms with Crippen LogP contribution in [0.3, 0.4) is 0 Å². The molecule has 1 heterocycles. The van der Waals surface area contributed by atoms with Crippen molar-refractivity contribution in [3.63, 3.8) is 0 Å². The molecular formula is C11H11BrFN3OS. The van der Waals surface area contributed by atoms with Gasteiger partial charge in [-0.05, 0) is 28.1 Å². The Kier molecular flexibility index (Phi) is 3.82. The van der Waals surface area contributed by atoms with Gasteiger partial charge >= 0.3 is 0 Å². The van der Waals surface area contributed by atoms with E-state index in [2.05, 4.69) is 26.6 Å². The molecule has 0 spiro atoms. The molecule has 1 amide bonds. The van der Waals surface area contributed by atoms with Crippen LogP contribution in [0.2, 0.25) is 0 Å². The summed E-state index contributed by atoms with van der Waals surface area (Å²) in [5.74, 6) is -0.494. The molecule has 96 valence electrons. The first kappa shape index (κ1) is 13.2. The van der Waals surface area contributed by atoms with Crippen LogP contribution < -0.4 is 16.4 Å². The van der Waals surface area contributed by atoms with Crippen LogP contribution in [0.5, 0.6) is 0 Å². The van der Waals surface area contributed by atoms with Crippen molar-refractivity contribution >= 4 is 44.7 Å². The van der Waals surface area contributed by atoms with E-state index in [9.17, 15) is 9.18 Å². The number of nitrogens with one attached hydrogen (secondary N) is 2. The third-order valence-corrected chi connectivity index (χ3v) is 3.68. The number of carbonyl (C=O) groups excluding carboxylic acids is 1. The standard InChI is InChI=1S/C11H11BrFN3OS/c12-9-6(11(14)18)1-2-7(10(9)13)16-5-3-8(17)15-4-5/h1-2,5,16H,3-4H2,(H2,14,18)(H,15,17). The van der Waals surface area contributed by atoms with E-state index in [0.717, 1.165) is 0 Å². The third-order valence-electron chi connectivity index (χ3n) is 2.68. The second-order valence-electron chi connectivity index (χ2n) is 4.00. The van der Waals surface area contributed by atoms with Crippen molar-refractivity contribution < 1.29 is 9.18 Å². The first-order valence-corrected chi connectivity index (χ1v) is 6.50. The Labute approximate surface area is 117 Å². The van der Waals surface area contributed by atoms with Crippen molar-refractivity contribution in [1.29, 1.82) is 0 Å². The van der Waals surface area contributed by atoms with Crippen LogP contribution in [-0.4, -0.2) is 23.5 Å². The highest BCUT2D eigenvalue weighted by Crippen LogP contribution is 2.28. The van der Waals surface area contributed by atoms with Gasteiger partial charge in [0.05, 0.1) is 16.2 Å². The fourth-order valence-electron chi connectivity index (χ4n) is 1.78. The zero-order valence-electron chi connectivity index (χ0n) is 9.30. The highest BCUT2D eigenvalue weighted by molar-refractivity contribution is 9.10. The number of benzene rings is 1. The molecule has 1 aromatic rings. The monoisotopic (exact) mass is 331 g/mol. The smallest absolute Gasteiger partial charge is 0.222 e. The van der Waals surface area contributed by atoms with Crippen molar-refractivity contribution in [2.75, 3.05) is 11.9 Å². The number of hydrogen-bond donors (Lipinski definition) is 3. The first-order chi connectivity index (χ1) is 8.49. The van der Waals surface area contributed by atoms with Gasteiger partial charge < -0.3 is 16.4 Å². The number of thiocarbonyl (C=S) groups is 1. The molecule has 7 heteroatoms. The van der Waals surface area contributed by atoms with Crippen molar-refractivity contribution in [2.45, 2.75) is 12.5 Å². The normalized spacial score (nSPS) is 18.6. The maximum atomic E-state index is 14.0. The Bertz CT molecular complexity index is 523. The molecule has 4 nitrogen and oxygen atoms in total. The SMILES string of the molecule is NC(=S)c1ccc(NC2CNC(=O)C2)c(F)c1Br. The van der Waals surface area contributed by atoms with Gasteiger partial charge in [0.25, 0.3) is 0 Å². The van der Waals surface area contributed by atoms with E-state index in [4.69, 9.17) is 18.0 Å². The summed E-state index contributed by atoms with van der Waals surface area (Å²) in [6.45, 7) is 0.493. The number of anilines is 1. The third kappa shape index (κ3) is 2.62. The van der Waals surface area contributed by atoms with E-state index in [1.807, 2.05) is 0 Å². The molecule has 4 N–H and O–H groups in total. The maximum absolute atomic E-state index is 14.0. The Morgan fingerprint density at radius 2 is 2.33 bits per heavy atom. The number of rotatable bonds is 3. The summed E-state index contributed by atoms with van der Waals surface area (Å²) in [6, 6.07) is 3.11. The quantitative estimate of drug-likeness (QED) is 0.735. The average Bonchev–Trinajstić information content (AvgIpc) is 2.70. The Morgan fingerprint density at radius 1 is 1.61 bits per heavy atom. The molecule has 1 unspecified atom stereocenters. The molecular weight excluding hydrogens is 321 g/mol. The lowest BCUT2D eigenvalue weighted by Gasteiger charge is -2.14. The highest BCUT2D eigenvalue weighted by Gasteiger charge is 2.23. The molecule has 1 atom stereocenters. The summed E-state index contributed by atoms with van der Waals surface area (Å²) < 4.78 is 14.3. The van der Waals surface area contributed by atoms with E-state index in [-0.39, 0.29) is 21.4 Å². The van der Waals surface area contributed by atoms with Gasteiger partial charge in [-0.3, -0.25) is 4.79 Å². The van der Waals surface area contributed by atoms with E-state index >= 15 is 0 Å². The van der Waals surface area contributed by atoms with Crippen LogP contribution in [0.15, 0.2) is 16.6 Å². The lowest BCUT2D eigenvalue weighted by atomic mass is 10.1. The minimum atomic E-state index is -0.459. The molecule has 1 aliphatic rings. The lowest BCUT2D eigenvalue weighted by Crippen LogP contribution is -2.23. The molecule has 1 aliphatic heterocycles. The lowest BCUT2D eigenvalue weighted by molar-refractivity contribution is -0.119. The van der Waals surface area contributed by atoms with Gasteiger partial charge in [0.15, 0.2) is 5.82 Å². The summed E-state index contributed by atoms with van der Waals surface area (Å²) >= 11 is 7.95. The predicted molar refractivity (Wildman–Crippen MR) is 75.0 cm³/mol. The molecule has 0 bridgehead atoms. The largest absolute Gasteiger partial charge is 0.389 e. The first-order valence-electron chi connectivity index (χ1n) is 5.30. The molecule has 1 aromatic carbocycles. The fourth-order valence-corrected chi connectivity index (χ4v) is 2.64. The summed E-state index contributed by atoms with van der Waals surface area (Å²) in [5, 5.41) is 5.65. The molecule has 0 aromatic heterocycles. The van der Waals surface area contributed by atoms with Crippen LogP contribution in [0.25, 0.3) is 0 Å². The molecule has 1 saturated heterocycles. The average molecular weight is 332 g/mol. The van der Waals surface area contributed by atoms with Crippen LogP contribution in [0.4, 0.5) is 10.1 Å².